The van der Waals surface area contributed by atoms with Gasteiger partial charge in [-0.3, -0.25) is 14.6 Å². The summed E-state index contributed by atoms with van der Waals surface area (Å²) in [4.78, 5) is 34.1. The fraction of sp³-hybridized carbons (Fsp3) is 0.355. The molecule has 0 N–H and O–H groups in total. The molecule has 39 heavy (non-hydrogen) atoms. The molecule has 3 aromatic rings. The van der Waals surface area contributed by atoms with Crippen LogP contribution in [-0.4, -0.2) is 86.6 Å². The van der Waals surface area contributed by atoms with Crippen LogP contribution >= 0.6 is 11.6 Å². The average Bonchev–Trinajstić information content (AvgIpc) is 2.96. The fourth-order valence-electron chi connectivity index (χ4n) is 4.50. The predicted octanol–water partition coefficient (Wildman–Crippen LogP) is 5.05. The van der Waals surface area contributed by atoms with E-state index in [1.54, 1.807) is 17.0 Å². The summed E-state index contributed by atoms with van der Waals surface area (Å²) < 4.78 is 5.60. The number of benzene rings is 3. The van der Waals surface area contributed by atoms with Crippen molar-refractivity contribution >= 4 is 29.3 Å². The Morgan fingerprint density at radius 2 is 1.49 bits per heavy atom. The zero-order valence-electron chi connectivity index (χ0n) is 22.8. The van der Waals surface area contributed by atoms with Gasteiger partial charge in [-0.05, 0) is 68.0 Å². The van der Waals surface area contributed by atoms with E-state index in [4.69, 9.17) is 16.3 Å². The maximum Gasteiger partial charge on any atom is 0.414 e. The number of carbonyl (C=O) groups is 2. The molecular weight excluding hydrogens is 512 g/mol. The molecule has 2 amide bonds. The molecule has 0 spiro atoms. The molecule has 3 aromatic carbocycles. The summed E-state index contributed by atoms with van der Waals surface area (Å²) in [6, 6.07) is 24.9. The molecule has 0 atom stereocenters. The first-order chi connectivity index (χ1) is 18.9. The first kappa shape index (κ1) is 28.6. The number of hydrogen-bond donors (Lipinski definition) is 0. The van der Waals surface area contributed by atoms with Crippen LogP contribution < -0.4 is 4.90 Å². The van der Waals surface area contributed by atoms with Crippen molar-refractivity contribution in [1.82, 2.24) is 14.7 Å². The summed E-state index contributed by atoms with van der Waals surface area (Å²) in [7, 11) is 3.93. The number of rotatable bonds is 10. The second-order valence-corrected chi connectivity index (χ2v) is 10.5. The molecule has 206 valence electrons. The van der Waals surface area contributed by atoms with Gasteiger partial charge in [-0.25, -0.2) is 4.79 Å². The van der Waals surface area contributed by atoms with E-state index in [9.17, 15) is 9.59 Å². The summed E-state index contributed by atoms with van der Waals surface area (Å²) in [6.07, 6.45) is 0.555. The molecular formula is C31H37ClN4O3. The molecule has 1 saturated heterocycles. The van der Waals surface area contributed by atoms with Gasteiger partial charge in [0.2, 0.25) is 0 Å². The van der Waals surface area contributed by atoms with Gasteiger partial charge in [0, 0.05) is 62.1 Å². The van der Waals surface area contributed by atoms with Gasteiger partial charge in [0.25, 0.3) is 5.91 Å². The van der Waals surface area contributed by atoms with E-state index < -0.39 is 6.09 Å². The van der Waals surface area contributed by atoms with Gasteiger partial charge in [-0.15, -0.1) is 0 Å². The minimum absolute atomic E-state index is 0.0189. The Hall–Kier alpha value is -3.39. The third-order valence-corrected chi connectivity index (χ3v) is 7.16. The highest BCUT2D eigenvalue weighted by Crippen LogP contribution is 2.19. The van der Waals surface area contributed by atoms with E-state index in [2.05, 4.69) is 17.0 Å². The molecule has 0 radical (unpaired) electrons. The maximum atomic E-state index is 13.2. The first-order valence-electron chi connectivity index (χ1n) is 13.4. The second kappa shape index (κ2) is 14.1. The van der Waals surface area contributed by atoms with Crippen LogP contribution in [-0.2, 0) is 17.8 Å². The van der Waals surface area contributed by atoms with Crippen LogP contribution in [0.1, 0.15) is 21.5 Å². The lowest BCUT2D eigenvalue weighted by Gasteiger charge is -2.35. The highest BCUT2D eigenvalue weighted by Gasteiger charge is 2.23. The van der Waals surface area contributed by atoms with Gasteiger partial charge in [-0.1, -0.05) is 54.1 Å². The molecule has 1 fully saturated rings. The van der Waals surface area contributed by atoms with Crippen molar-refractivity contribution in [2.75, 3.05) is 64.8 Å². The highest BCUT2D eigenvalue weighted by molar-refractivity contribution is 6.30. The normalized spacial score (nSPS) is 13.9. The van der Waals surface area contributed by atoms with Crippen molar-refractivity contribution in [2.24, 2.45) is 0 Å². The smallest absolute Gasteiger partial charge is 0.414 e. The number of halogens is 1. The fourth-order valence-corrected chi connectivity index (χ4v) is 4.63. The minimum Gasteiger partial charge on any atom is -0.444 e. The summed E-state index contributed by atoms with van der Waals surface area (Å²) >= 11 is 5.98. The van der Waals surface area contributed by atoms with Crippen molar-refractivity contribution in [3.05, 3.63) is 101 Å². The molecule has 0 unspecified atom stereocenters. The third kappa shape index (κ3) is 8.55. The van der Waals surface area contributed by atoms with Gasteiger partial charge < -0.3 is 14.5 Å². The second-order valence-electron chi connectivity index (χ2n) is 10.1. The highest BCUT2D eigenvalue weighted by atomic mass is 35.5. The molecule has 0 aromatic heterocycles. The Morgan fingerprint density at radius 1 is 0.821 bits per heavy atom. The zero-order chi connectivity index (χ0) is 27.6. The molecule has 7 nitrogen and oxygen atoms in total. The molecule has 0 bridgehead atoms. The first-order valence-corrected chi connectivity index (χ1v) is 13.8. The number of anilines is 1. The van der Waals surface area contributed by atoms with Gasteiger partial charge in [0.05, 0.1) is 0 Å². The van der Waals surface area contributed by atoms with E-state index in [1.807, 2.05) is 78.5 Å². The van der Waals surface area contributed by atoms with Crippen molar-refractivity contribution in [3.8, 4) is 0 Å². The number of piperazine rings is 1. The SMILES string of the molecule is CN(C)CCN(C(=O)OCc1ccccc1)c1ccc(C(=O)N2CCN(CCc3ccc(Cl)cc3)CC2)cc1. The summed E-state index contributed by atoms with van der Waals surface area (Å²) in [6.45, 7) is 5.42. The monoisotopic (exact) mass is 548 g/mol. The zero-order valence-corrected chi connectivity index (χ0v) is 23.5. The topological polar surface area (TPSA) is 56.3 Å². The average molecular weight is 549 g/mol. The number of amides is 2. The van der Waals surface area contributed by atoms with E-state index in [0.717, 1.165) is 36.6 Å². The van der Waals surface area contributed by atoms with Crippen molar-refractivity contribution in [1.29, 1.82) is 0 Å². The Labute approximate surface area is 236 Å². The van der Waals surface area contributed by atoms with Crippen LogP contribution in [0.15, 0.2) is 78.9 Å². The molecule has 4 rings (SSSR count). The van der Waals surface area contributed by atoms with Gasteiger partial charge in [0.15, 0.2) is 0 Å². The Kier molecular flexibility index (Phi) is 10.4. The van der Waals surface area contributed by atoms with Crippen molar-refractivity contribution in [2.45, 2.75) is 13.0 Å². The van der Waals surface area contributed by atoms with E-state index in [-0.39, 0.29) is 12.5 Å². The third-order valence-electron chi connectivity index (χ3n) is 6.91. The van der Waals surface area contributed by atoms with Gasteiger partial charge in [-0.2, -0.15) is 0 Å². The van der Waals surface area contributed by atoms with Crippen molar-refractivity contribution < 1.29 is 14.3 Å². The van der Waals surface area contributed by atoms with E-state index >= 15 is 0 Å². The van der Waals surface area contributed by atoms with Crippen LogP contribution in [0, 0.1) is 0 Å². The summed E-state index contributed by atoms with van der Waals surface area (Å²) in [5, 5.41) is 0.753. The van der Waals surface area contributed by atoms with Crippen LogP contribution in [0.4, 0.5) is 10.5 Å². The number of hydrogen-bond acceptors (Lipinski definition) is 5. The van der Waals surface area contributed by atoms with Crippen LogP contribution in [0.5, 0.6) is 0 Å². The summed E-state index contributed by atoms with van der Waals surface area (Å²) in [5.41, 5.74) is 3.53. The lowest BCUT2D eigenvalue weighted by Crippen LogP contribution is -2.49. The Morgan fingerprint density at radius 3 is 2.13 bits per heavy atom. The van der Waals surface area contributed by atoms with Crippen LogP contribution in [0.25, 0.3) is 0 Å². The van der Waals surface area contributed by atoms with E-state index in [1.165, 1.54) is 5.56 Å². The molecule has 1 heterocycles. The number of nitrogens with zero attached hydrogens (tertiary/aromatic N) is 4. The Bertz CT molecular complexity index is 1190. The minimum atomic E-state index is -0.408. The van der Waals surface area contributed by atoms with Crippen molar-refractivity contribution in [3.63, 3.8) is 0 Å². The molecule has 1 aliphatic rings. The molecule has 0 saturated carbocycles. The van der Waals surface area contributed by atoms with Gasteiger partial charge in [0.1, 0.15) is 6.61 Å². The Balaban J connectivity index is 1.31. The van der Waals surface area contributed by atoms with Gasteiger partial charge >= 0.3 is 6.09 Å². The standard InChI is InChI=1S/C31H37ClN4O3/c1-33(2)18-23-36(31(38)39-24-26-6-4-3-5-7-26)29-14-10-27(11-15-29)30(37)35-21-19-34(20-22-35)17-16-25-8-12-28(32)13-9-25/h3-15H,16-24H2,1-2H3. The molecule has 8 heteroatoms. The van der Waals surface area contributed by atoms with Crippen LogP contribution in [0.2, 0.25) is 5.02 Å². The maximum absolute atomic E-state index is 13.2. The lowest BCUT2D eigenvalue weighted by atomic mass is 10.1. The number of ether oxygens (including phenoxy) is 1. The summed E-state index contributed by atoms with van der Waals surface area (Å²) in [5.74, 6) is 0.0189. The number of likely N-dealkylation sites (N-methyl/N-ethyl adjacent to an activating group) is 1. The van der Waals surface area contributed by atoms with Crippen LogP contribution in [0.3, 0.4) is 0 Å². The molecule has 0 aliphatic carbocycles. The predicted molar refractivity (Wildman–Crippen MR) is 156 cm³/mol. The van der Waals surface area contributed by atoms with E-state index in [0.29, 0.717) is 37.4 Å². The largest absolute Gasteiger partial charge is 0.444 e. The quantitative estimate of drug-likeness (QED) is 0.355. The molecule has 1 aliphatic heterocycles. The lowest BCUT2D eigenvalue weighted by molar-refractivity contribution is 0.0638. The number of carbonyl (C=O) groups excluding carboxylic acids is 2.